The summed E-state index contributed by atoms with van der Waals surface area (Å²) < 4.78 is 74.2. The number of carbonyl (C=O) groups is 4. The molecule has 0 saturated carbocycles. The Bertz CT molecular complexity index is 4830. The molecular formula is C110H138N4O19. The molecule has 0 aromatic heterocycles. The normalized spacial score (nSPS) is 20.7. The van der Waals surface area contributed by atoms with E-state index in [1.807, 2.05) is 334 Å². The van der Waals surface area contributed by atoms with Gasteiger partial charge in [0.25, 0.3) is 11.8 Å². The van der Waals surface area contributed by atoms with E-state index in [9.17, 15) is 29.4 Å². The van der Waals surface area contributed by atoms with E-state index in [4.69, 9.17) is 56.8 Å². The summed E-state index contributed by atoms with van der Waals surface area (Å²) in [6.07, 6.45) is -7.05. The molecule has 4 saturated heterocycles. The zero-order valence-electron chi connectivity index (χ0n) is 78.4. The fraction of sp³-hybridized carbons (Fsp3) is 0.418. The van der Waals surface area contributed by atoms with E-state index < -0.39 is 61.2 Å². The van der Waals surface area contributed by atoms with E-state index in [-0.39, 0.29) is 111 Å². The number of cyclic esters (lactones) is 1. The molecule has 4 fully saturated rings. The van der Waals surface area contributed by atoms with Crippen LogP contribution in [0.5, 0.6) is 0 Å². The number of esters is 1. The van der Waals surface area contributed by atoms with Gasteiger partial charge in [-0.1, -0.05) is 345 Å². The van der Waals surface area contributed by atoms with Crippen LogP contribution < -0.4 is 0 Å². The molecule has 0 unspecified atom stereocenters. The summed E-state index contributed by atoms with van der Waals surface area (Å²) in [6, 6.07) is 98.4. The van der Waals surface area contributed by atoms with Gasteiger partial charge in [-0.05, 0) is 89.0 Å². The second-order valence-corrected chi connectivity index (χ2v) is 34.1. The third-order valence-electron chi connectivity index (χ3n) is 24.3. The lowest BCUT2D eigenvalue weighted by molar-refractivity contribution is -0.289. The van der Waals surface area contributed by atoms with Crippen LogP contribution in [0.4, 0.5) is 0 Å². The number of nitrogens with zero attached hydrogens (tertiary/aromatic N) is 4. The van der Waals surface area contributed by atoms with Gasteiger partial charge in [0.05, 0.1) is 84.4 Å². The predicted molar refractivity (Wildman–Crippen MR) is 513 cm³/mol. The Labute approximate surface area is 786 Å². The maximum atomic E-state index is 14.1. The fourth-order valence-electron chi connectivity index (χ4n) is 16.3. The minimum absolute atomic E-state index is 0. The van der Waals surface area contributed by atoms with Gasteiger partial charge in [0, 0.05) is 70.6 Å². The SMILES string of the molecule is CCC(=O)[C@@H](OCc1ccccc1)[C@H](OCc1ccccc1)[C@@H](OCc1ccccc1)C(=O)N1CCN(C)CC1.CC[C@@H](O)[C@@H](OCc1ccccc1)[C@H](OCc1ccccc1)[C@@H](OCc1ccccc1)C(=O)N1CCN(C)CC1.CC[C@H]1OC(=O)[C@H](OCc2ccccc2)[C@@H](OCc2ccccc2)[C@@H]1C.CC[C@H]1O[C@@H](O)[C@H](OCc2ccccc2)[C@@H](OCc2ccccc2)[C@@H]1C.O. The first kappa shape index (κ1) is 105. The highest BCUT2D eigenvalue weighted by Crippen LogP contribution is 2.35. The van der Waals surface area contributed by atoms with Crippen LogP contribution in [0.2, 0.25) is 0 Å². The molecule has 23 heteroatoms. The van der Waals surface area contributed by atoms with Crippen molar-refractivity contribution in [3.05, 3.63) is 359 Å². The summed E-state index contributed by atoms with van der Waals surface area (Å²) in [5.41, 5.74) is 9.97. The molecule has 0 aliphatic carbocycles. The van der Waals surface area contributed by atoms with E-state index in [1.54, 1.807) is 6.92 Å². The highest BCUT2D eigenvalue weighted by molar-refractivity contribution is 5.87. The van der Waals surface area contributed by atoms with Crippen molar-refractivity contribution in [3.63, 3.8) is 0 Å². The van der Waals surface area contributed by atoms with Crippen LogP contribution in [0.15, 0.2) is 303 Å². The Morgan fingerprint density at radius 1 is 0.346 bits per heavy atom. The first-order chi connectivity index (χ1) is 64.5. The number of aliphatic hydroxyl groups is 2. The lowest BCUT2D eigenvalue weighted by Gasteiger charge is -2.43. The highest BCUT2D eigenvalue weighted by Gasteiger charge is 2.48. The number of amides is 2. The minimum Gasteiger partial charge on any atom is -0.460 e. The maximum Gasteiger partial charge on any atom is 0.338 e. The monoisotopic (exact) mass is 1820 g/mol. The molecule has 4 N–H and O–H groups in total. The number of hydrogen-bond donors (Lipinski definition) is 2. The number of aliphatic hydroxyl groups excluding tert-OH is 2. The van der Waals surface area contributed by atoms with Gasteiger partial charge < -0.3 is 92.1 Å². The summed E-state index contributed by atoms with van der Waals surface area (Å²) in [7, 11) is 4.10. The Balaban J connectivity index is 0.000000187. The van der Waals surface area contributed by atoms with Crippen LogP contribution in [0.3, 0.4) is 0 Å². The molecule has 4 aliphatic heterocycles. The third kappa shape index (κ3) is 33.6. The summed E-state index contributed by atoms with van der Waals surface area (Å²) >= 11 is 0. The lowest BCUT2D eigenvalue weighted by Crippen LogP contribution is -2.57. The molecule has 16 atom stereocenters. The lowest BCUT2D eigenvalue weighted by atomic mass is 9.89. The van der Waals surface area contributed by atoms with E-state index in [0.29, 0.717) is 59.0 Å². The topological polar surface area (TPSA) is 264 Å². The van der Waals surface area contributed by atoms with Crippen molar-refractivity contribution in [2.45, 2.75) is 219 Å². The molecule has 712 valence electrons. The van der Waals surface area contributed by atoms with Crippen molar-refractivity contribution >= 4 is 23.6 Å². The number of piperazine rings is 2. The summed E-state index contributed by atoms with van der Waals surface area (Å²) in [6.45, 7) is 20.6. The number of likely N-dealkylation sites (N-methyl/N-ethyl adjacent to an activating group) is 2. The molecule has 0 radical (unpaired) electrons. The third-order valence-corrected chi connectivity index (χ3v) is 24.3. The zero-order chi connectivity index (χ0) is 93.0. The van der Waals surface area contributed by atoms with Crippen LogP contribution in [0, 0.1) is 11.8 Å². The van der Waals surface area contributed by atoms with Crippen molar-refractivity contribution in [2.24, 2.45) is 11.8 Å². The average Bonchev–Trinajstić information content (AvgIpc) is 0.815. The van der Waals surface area contributed by atoms with Gasteiger partial charge in [0.1, 0.15) is 42.7 Å². The van der Waals surface area contributed by atoms with E-state index >= 15 is 0 Å². The number of ketones is 1. The van der Waals surface area contributed by atoms with Gasteiger partial charge in [-0.3, -0.25) is 14.4 Å². The molecule has 4 heterocycles. The number of carbonyl (C=O) groups excluding carboxylic acids is 4. The van der Waals surface area contributed by atoms with E-state index in [1.165, 1.54) is 0 Å². The smallest absolute Gasteiger partial charge is 0.338 e. The molecule has 0 spiro atoms. The molecule has 14 rings (SSSR count). The van der Waals surface area contributed by atoms with Crippen LogP contribution in [0.25, 0.3) is 0 Å². The quantitative estimate of drug-likeness (QED) is 0.0337. The van der Waals surface area contributed by atoms with Crippen molar-refractivity contribution in [1.82, 2.24) is 19.6 Å². The first-order valence-electron chi connectivity index (χ1n) is 46.7. The number of benzene rings is 10. The van der Waals surface area contributed by atoms with Crippen LogP contribution in [-0.2, 0) is 142 Å². The van der Waals surface area contributed by atoms with E-state index in [0.717, 1.165) is 94.7 Å². The molecule has 10 aromatic carbocycles. The van der Waals surface area contributed by atoms with Gasteiger partial charge in [0.15, 0.2) is 30.4 Å². The van der Waals surface area contributed by atoms with Crippen molar-refractivity contribution in [2.75, 3.05) is 66.5 Å². The van der Waals surface area contributed by atoms with Gasteiger partial charge in [0.2, 0.25) is 0 Å². The highest BCUT2D eigenvalue weighted by atomic mass is 16.7. The van der Waals surface area contributed by atoms with Crippen molar-refractivity contribution in [3.8, 4) is 0 Å². The summed E-state index contributed by atoms with van der Waals surface area (Å²) in [4.78, 5) is 62.2. The van der Waals surface area contributed by atoms with Crippen molar-refractivity contribution in [1.29, 1.82) is 0 Å². The van der Waals surface area contributed by atoms with Gasteiger partial charge in [-0.25, -0.2) is 4.79 Å². The molecule has 133 heavy (non-hydrogen) atoms. The maximum absolute atomic E-state index is 14.1. The molecule has 0 bridgehead atoms. The number of Topliss-reactive ketones (excluding diaryl/α,β-unsaturated/α-hetero) is 1. The van der Waals surface area contributed by atoms with Crippen molar-refractivity contribution < 1.29 is 91.7 Å². The Hall–Kier alpha value is -10.4. The predicted octanol–water partition coefficient (Wildman–Crippen LogP) is 16.0. The number of hydrogen-bond acceptors (Lipinski definition) is 20. The Kier molecular flexibility index (Phi) is 45.2. The Morgan fingerprint density at radius 2 is 0.617 bits per heavy atom. The largest absolute Gasteiger partial charge is 0.460 e. The van der Waals surface area contributed by atoms with Gasteiger partial charge in [-0.15, -0.1) is 0 Å². The van der Waals surface area contributed by atoms with Crippen LogP contribution in [0.1, 0.15) is 123 Å². The second kappa shape index (κ2) is 57.4. The zero-order valence-corrected chi connectivity index (χ0v) is 78.4. The standard InChI is InChI=1S/C33H42N2O5.C33H40N2O5.C22H28O4.C22H26O4.H2O/c2*1-3-29(36)30(38-23-26-13-7-4-8-14-26)31(39-24-27-15-9-5-10-16-27)32(40-25-28-17-11-6-12-18-28)33(37)35-21-19-34(2)20-22-35;2*1-3-19-16(2)20(24-14-17-10-6-4-7-11-17)21(22(23)26-19)25-15-18-12-8-5-9-13-18;/h4-18,29-32,36H,3,19-25H2,1-2H3;4-18,30-32H,3,19-25H2,1-2H3;4-13,16,19-23H,3,14-15H2,1-2H3;4-13,16,19-21H,3,14-15H2,1-2H3;1H2/t29-,30-,31+,32-;30-,31+,32-;16-,19-,20+,21-,22-;16-,19-,20+,21-;/m1111./s1. The first-order valence-corrected chi connectivity index (χ1v) is 46.7. The summed E-state index contributed by atoms with van der Waals surface area (Å²) in [5.74, 6) is -0.578. The summed E-state index contributed by atoms with van der Waals surface area (Å²) in [5, 5.41) is 21.7. The minimum atomic E-state index is -1.02. The van der Waals surface area contributed by atoms with E-state index in [2.05, 4.69) is 37.6 Å². The molecule has 23 nitrogen and oxygen atoms in total. The molecular weight excluding hydrogens is 1680 g/mol. The van der Waals surface area contributed by atoms with Crippen LogP contribution in [-0.4, -0.2) is 211 Å². The molecule has 4 aliphatic rings. The number of ether oxygens (including phenoxy) is 12. The fourth-order valence-corrected chi connectivity index (χ4v) is 16.3. The average molecular weight is 1820 g/mol. The Morgan fingerprint density at radius 3 is 0.940 bits per heavy atom. The van der Waals surface area contributed by atoms with Gasteiger partial charge in [-0.2, -0.15) is 0 Å². The van der Waals surface area contributed by atoms with Crippen LogP contribution >= 0.6 is 0 Å². The molecule has 10 aromatic rings. The molecule has 2 amide bonds. The second-order valence-electron chi connectivity index (χ2n) is 34.1. The number of rotatable bonds is 42. The van der Waals surface area contributed by atoms with Gasteiger partial charge >= 0.3 is 5.97 Å².